The van der Waals surface area contributed by atoms with Crippen molar-refractivity contribution in [3.63, 3.8) is 0 Å². The number of carboxylic acids is 2. The van der Waals surface area contributed by atoms with Crippen LogP contribution in [0.25, 0.3) is 0 Å². The molecule has 19 heteroatoms. The Morgan fingerprint density at radius 1 is 1.29 bits per heavy atom. The number of carboxylic acid groups (broad SMARTS) is 2. The highest BCUT2D eigenvalue weighted by Gasteiger charge is 2.54. The maximum atomic E-state index is 13.2. The number of hydrogen-bond donors (Lipinski definition) is 4. The van der Waals surface area contributed by atoms with Crippen molar-refractivity contribution in [1.29, 1.82) is 0 Å². The molecule has 0 spiro atoms. The molecule has 0 aromatic carbocycles. The standard InChI is InChI=1S/C22H27N9O7S3/c1-2-3-4-5-6-38-27-14(12-10-40-21(23)24-12)17(34)25-15-18(35)31-16(20(36)37)11(8-39-19(15)31)9-41-22-26-28-29-30(22)7-13(32)33/h10,15,19H,2-9H2,1H3,(H2,23,24)(H,25,34)(H,32,33)(H,36,37)/t15?,19-/m0/s1. The zero-order chi connectivity index (χ0) is 29.5. The Kier molecular flexibility index (Phi) is 10.2. The smallest absolute Gasteiger partial charge is 0.352 e. The molecule has 41 heavy (non-hydrogen) atoms. The largest absolute Gasteiger partial charge is 0.480 e. The lowest BCUT2D eigenvalue weighted by Gasteiger charge is -2.49. The molecule has 2 aromatic rings. The highest BCUT2D eigenvalue weighted by atomic mass is 32.2. The van der Waals surface area contributed by atoms with Gasteiger partial charge in [0.15, 0.2) is 10.8 Å². The van der Waals surface area contributed by atoms with Gasteiger partial charge in [0.2, 0.25) is 5.16 Å². The van der Waals surface area contributed by atoms with Crippen molar-refractivity contribution in [2.75, 3.05) is 23.8 Å². The van der Waals surface area contributed by atoms with Crippen LogP contribution in [0.3, 0.4) is 0 Å². The molecule has 5 N–H and O–H groups in total. The van der Waals surface area contributed by atoms with E-state index in [2.05, 4.69) is 37.9 Å². The molecular weight excluding hydrogens is 598 g/mol. The van der Waals surface area contributed by atoms with E-state index in [0.717, 1.165) is 58.4 Å². The zero-order valence-electron chi connectivity index (χ0n) is 21.8. The molecule has 0 bridgehead atoms. The molecule has 0 aliphatic carbocycles. The Morgan fingerprint density at radius 2 is 2.10 bits per heavy atom. The Hall–Kier alpha value is -3.71. The molecule has 1 saturated heterocycles. The number of thiazole rings is 1. The third-order valence-corrected chi connectivity index (χ3v) is 8.98. The van der Waals surface area contributed by atoms with Gasteiger partial charge in [0.25, 0.3) is 11.8 Å². The molecule has 0 saturated carbocycles. The first-order chi connectivity index (χ1) is 19.7. The number of nitrogens with zero attached hydrogens (tertiary/aromatic N) is 7. The molecule has 2 aliphatic rings. The minimum absolute atomic E-state index is 0.111. The molecule has 4 rings (SSSR count). The van der Waals surface area contributed by atoms with E-state index in [1.165, 1.54) is 11.8 Å². The molecule has 16 nitrogen and oxygen atoms in total. The van der Waals surface area contributed by atoms with Gasteiger partial charge in [-0.15, -0.1) is 28.2 Å². The van der Waals surface area contributed by atoms with Crippen LogP contribution in [0.5, 0.6) is 0 Å². The average molecular weight is 626 g/mol. The first kappa shape index (κ1) is 30.3. The number of β-lactam (4-membered cyclic amide) rings is 1. The second-order valence-electron chi connectivity index (χ2n) is 8.82. The van der Waals surface area contributed by atoms with Crippen molar-refractivity contribution in [2.45, 2.75) is 55.7 Å². The number of rotatable bonds is 15. The van der Waals surface area contributed by atoms with Crippen LogP contribution in [-0.2, 0) is 30.6 Å². The van der Waals surface area contributed by atoms with E-state index in [1.54, 1.807) is 5.38 Å². The Balaban J connectivity index is 1.44. The van der Waals surface area contributed by atoms with Crippen LogP contribution in [-0.4, -0.2) is 99.3 Å². The number of tetrazole rings is 1. The third kappa shape index (κ3) is 7.14. The highest BCUT2D eigenvalue weighted by Crippen LogP contribution is 2.41. The Bertz CT molecular complexity index is 1380. The summed E-state index contributed by atoms with van der Waals surface area (Å²) in [6.45, 7) is 1.94. The second kappa shape index (κ2) is 13.8. The number of aliphatic carboxylic acids is 2. The summed E-state index contributed by atoms with van der Waals surface area (Å²) < 4.78 is 1.08. The Labute approximate surface area is 245 Å². The number of oxime groups is 1. The minimum Gasteiger partial charge on any atom is -0.480 e. The summed E-state index contributed by atoms with van der Waals surface area (Å²) >= 11 is 3.47. The van der Waals surface area contributed by atoms with Gasteiger partial charge in [0.05, 0.1) is 0 Å². The number of nitrogens with one attached hydrogen (secondary N) is 1. The molecule has 2 aliphatic heterocycles. The number of nitrogen functional groups attached to an aromatic ring is 1. The lowest BCUT2D eigenvalue weighted by molar-refractivity contribution is -0.150. The van der Waals surface area contributed by atoms with Crippen LogP contribution in [0.15, 0.2) is 27.0 Å². The number of carbonyl (C=O) groups is 4. The van der Waals surface area contributed by atoms with Gasteiger partial charge in [-0.3, -0.25) is 19.3 Å². The van der Waals surface area contributed by atoms with Gasteiger partial charge < -0.3 is 26.1 Å². The van der Waals surface area contributed by atoms with Gasteiger partial charge in [-0.1, -0.05) is 36.7 Å². The first-order valence-electron chi connectivity index (χ1n) is 12.4. The van der Waals surface area contributed by atoms with Crippen LogP contribution in [0.2, 0.25) is 0 Å². The van der Waals surface area contributed by atoms with Gasteiger partial charge in [-0.25, -0.2) is 14.5 Å². The van der Waals surface area contributed by atoms with Crippen LogP contribution in [0, 0.1) is 0 Å². The fraction of sp³-hybridized carbons (Fsp3) is 0.500. The van der Waals surface area contributed by atoms with Crippen molar-refractivity contribution >= 4 is 69.5 Å². The van der Waals surface area contributed by atoms with E-state index < -0.39 is 41.7 Å². The zero-order valence-corrected chi connectivity index (χ0v) is 24.2. The fourth-order valence-electron chi connectivity index (χ4n) is 3.99. The van der Waals surface area contributed by atoms with Gasteiger partial charge in [-0.05, 0) is 28.8 Å². The third-order valence-electron chi connectivity index (χ3n) is 5.92. The van der Waals surface area contributed by atoms with Crippen LogP contribution in [0.1, 0.15) is 38.3 Å². The first-order valence-corrected chi connectivity index (χ1v) is 15.4. The minimum atomic E-state index is -1.30. The number of thioether (sulfide) groups is 2. The number of anilines is 1. The predicted molar refractivity (Wildman–Crippen MR) is 149 cm³/mol. The summed E-state index contributed by atoms with van der Waals surface area (Å²) in [4.78, 5) is 60.1. The van der Waals surface area contributed by atoms with Crippen LogP contribution < -0.4 is 11.1 Å². The monoisotopic (exact) mass is 625 g/mol. The SMILES string of the molecule is CCCCCCON=C(C(=O)NC1C(=O)N2C(C(=O)O)=C(CSc3nnnn3CC(=O)O)CS[C@@H]12)c1csc(N)n1. The lowest BCUT2D eigenvalue weighted by Crippen LogP contribution is -2.71. The van der Waals surface area contributed by atoms with Gasteiger partial charge >= 0.3 is 11.9 Å². The lowest BCUT2D eigenvalue weighted by atomic mass is 10.0. The molecule has 0 radical (unpaired) electrons. The van der Waals surface area contributed by atoms with Gasteiger partial charge in [-0.2, -0.15) is 0 Å². The van der Waals surface area contributed by atoms with Crippen molar-refractivity contribution in [3.05, 3.63) is 22.3 Å². The summed E-state index contributed by atoms with van der Waals surface area (Å²) in [5.41, 5.74) is 6.04. The van der Waals surface area contributed by atoms with E-state index in [0.29, 0.717) is 12.2 Å². The topological polar surface area (TPSA) is 228 Å². The summed E-state index contributed by atoms with van der Waals surface area (Å²) in [7, 11) is 0. The van der Waals surface area contributed by atoms with E-state index >= 15 is 0 Å². The molecule has 2 amide bonds. The normalized spacial score (nSPS) is 18.6. The van der Waals surface area contributed by atoms with Crippen molar-refractivity contribution in [2.24, 2.45) is 5.16 Å². The fourth-order valence-corrected chi connectivity index (χ4v) is 6.90. The molecular formula is C22H27N9O7S3. The van der Waals surface area contributed by atoms with E-state index in [1.807, 2.05) is 0 Å². The Morgan fingerprint density at radius 3 is 2.78 bits per heavy atom. The summed E-state index contributed by atoms with van der Waals surface area (Å²) in [6.07, 6.45) is 3.84. The van der Waals surface area contributed by atoms with E-state index in [-0.39, 0.29) is 38.9 Å². The molecule has 2 aromatic heterocycles. The predicted octanol–water partition coefficient (Wildman–Crippen LogP) is 0.628. The number of unbranched alkanes of at least 4 members (excludes halogenated alkanes) is 3. The molecule has 4 heterocycles. The number of carbonyl (C=O) groups excluding carboxylic acids is 2. The maximum absolute atomic E-state index is 13.2. The molecule has 2 atom stereocenters. The number of aromatic nitrogens is 5. The average Bonchev–Trinajstić information content (AvgIpc) is 3.57. The number of amides is 2. The van der Waals surface area contributed by atoms with Gasteiger partial charge in [0.1, 0.15) is 36.0 Å². The summed E-state index contributed by atoms with van der Waals surface area (Å²) in [6, 6.07) is -0.996. The number of fused-ring (bicyclic) bond motifs is 1. The second-order valence-corrected chi connectivity index (χ2v) is 11.8. The molecule has 220 valence electrons. The van der Waals surface area contributed by atoms with Crippen molar-refractivity contribution in [3.8, 4) is 0 Å². The number of nitrogens with two attached hydrogens (primary N) is 1. The molecule has 1 fully saturated rings. The summed E-state index contributed by atoms with van der Waals surface area (Å²) in [5.74, 6) is -3.37. The van der Waals surface area contributed by atoms with Crippen LogP contribution in [0.4, 0.5) is 5.13 Å². The number of hydrogen-bond acceptors (Lipinski definition) is 14. The van der Waals surface area contributed by atoms with Crippen molar-refractivity contribution in [1.82, 2.24) is 35.4 Å². The van der Waals surface area contributed by atoms with E-state index in [9.17, 15) is 24.3 Å². The van der Waals surface area contributed by atoms with Crippen LogP contribution >= 0.6 is 34.9 Å². The van der Waals surface area contributed by atoms with Crippen molar-refractivity contribution < 1.29 is 34.2 Å². The quantitative estimate of drug-likeness (QED) is 0.0700. The highest BCUT2D eigenvalue weighted by molar-refractivity contribution is 8.01. The molecule has 1 unspecified atom stereocenters. The maximum Gasteiger partial charge on any atom is 0.352 e. The summed E-state index contributed by atoms with van der Waals surface area (Å²) in [5, 5.41) is 37.7. The van der Waals surface area contributed by atoms with Gasteiger partial charge in [0, 0.05) is 16.9 Å². The van der Waals surface area contributed by atoms with E-state index in [4.69, 9.17) is 15.7 Å².